The van der Waals surface area contributed by atoms with Gasteiger partial charge in [0.2, 0.25) is 5.91 Å². The Bertz CT molecular complexity index is 950. The molecule has 1 aliphatic rings. The first-order valence-corrected chi connectivity index (χ1v) is 25.9. The van der Waals surface area contributed by atoms with Gasteiger partial charge in [-0.3, -0.25) is 4.79 Å². The van der Waals surface area contributed by atoms with Crippen LogP contribution in [0.15, 0.2) is 12.2 Å². The summed E-state index contributed by atoms with van der Waals surface area (Å²) in [6.45, 7) is 3.86. The van der Waals surface area contributed by atoms with Crippen molar-refractivity contribution in [2.24, 2.45) is 0 Å². The highest BCUT2D eigenvalue weighted by Gasteiger charge is 2.44. The minimum absolute atomic E-state index is 0.136. The number of carbonyl (C=O) groups excluding carboxylic acids is 1. The fourth-order valence-electron chi connectivity index (χ4n) is 8.45. The lowest BCUT2D eigenvalue weighted by molar-refractivity contribution is -0.302. The predicted molar refractivity (Wildman–Crippen MR) is 249 cm³/mol. The van der Waals surface area contributed by atoms with Crippen molar-refractivity contribution < 1.29 is 39.8 Å². The molecule has 60 heavy (non-hydrogen) atoms. The van der Waals surface area contributed by atoms with Crippen molar-refractivity contribution in [1.82, 2.24) is 5.32 Å². The highest BCUT2D eigenvalue weighted by Crippen LogP contribution is 2.23. The van der Waals surface area contributed by atoms with E-state index >= 15 is 0 Å². The van der Waals surface area contributed by atoms with Gasteiger partial charge in [-0.2, -0.15) is 0 Å². The second kappa shape index (κ2) is 41.9. The summed E-state index contributed by atoms with van der Waals surface area (Å²) >= 11 is 0. The van der Waals surface area contributed by atoms with Crippen LogP contribution in [0.5, 0.6) is 0 Å². The fraction of sp³-hybridized carbons (Fsp3) is 0.941. The van der Waals surface area contributed by atoms with Crippen LogP contribution in [-0.4, -0.2) is 87.5 Å². The SMILES string of the molecule is CCCCCCCCCCC/C=C\CCCCCCCCCC(=O)NC(COC1OC(CO)C(O)C(O)C1O)C(O)CCCCCCCCCCCCCCCCCCC. The van der Waals surface area contributed by atoms with Crippen LogP contribution in [0.1, 0.15) is 251 Å². The second-order valence-corrected chi connectivity index (χ2v) is 18.3. The summed E-state index contributed by atoms with van der Waals surface area (Å²) in [6, 6.07) is -0.718. The molecule has 0 bridgehead atoms. The van der Waals surface area contributed by atoms with E-state index in [1.807, 2.05) is 0 Å². The summed E-state index contributed by atoms with van der Waals surface area (Å²) in [4.78, 5) is 13.0. The zero-order chi connectivity index (χ0) is 43.7. The van der Waals surface area contributed by atoms with Crippen molar-refractivity contribution >= 4 is 5.91 Å². The quantitative estimate of drug-likeness (QED) is 0.0262. The molecule has 1 aliphatic heterocycles. The molecular weight excluding hydrogens is 755 g/mol. The van der Waals surface area contributed by atoms with Crippen LogP contribution < -0.4 is 5.32 Å². The van der Waals surface area contributed by atoms with Crippen LogP contribution in [0.3, 0.4) is 0 Å². The average Bonchev–Trinajstić information content (AvgIpc) is 3.25. The molecule has 0 aromatic heterocycles. The van der Waals surface area contributed by atoms with Gasteiger partial charge in [-0.15, -0.1) is 0 Å². The van der Waals surface area contributed by atoms with Crippen LogP contribution in [0.2, 0.25) is 0 Å². The lowest BCUT2D eigenvalue weighted by Crippen LogP contribution is -2.60. The third-order valence-electron chi connectivity index (χ3n) is 12.6. The maximum absolute atomic E-state index is 13.0. The van der Waals surface area contributed by atoms with Gasteiger partial charge in [-0.1, -0.05) is 219 Å². The molecule has 9 heteroatoms. The van der Waals surface area contributed by atoms with Crippen molar-refractivity contribution in [2.45, 2.75) is 294 Å². The highest BCUT2D eigenvalue weighted by atomic mass is 16.7. The largest absolute Gasteiger partial charge is 0.394 e. The monoisotopic (exact) mass is 854 g/mol. The number of hydrogen-bond donors (Lipinski definition) is 6. The Kier molecular flexibility index (Phi) is 39.8. The number of unbranched alkanes of at least 4 members (excludes halogenated alkanes) is 32. The molecular formula is C51H99NO8. The van der Waals surface area contributed by atoms with Crippen molar-refractivity contribution in [2.75, 3.05) is 13.2 Å². The normalized spacial score (nSPS) is 20.6. The summed E-state index contributed by atoms with van der Waals surface area (Å²) < 4.78 is 11.3. The van der Waals surface area contributed by atoms with Crippen LogP contribution in [0.4, 0.5) is 0 Å². The standard InChI is InChI=1S/C51H99NO8/c1-3-5-7-9-11-13-15-17-19-21-22-23-25-27-29-31-33-35-37-39-41-47(55)52-44(43-59-51-50(58)49(57)48(56)46(42-53)60-51)45(54)40-38-36-34-32-30-28-26-24-20-18-16-14-12-10-8-6-4-2/h22-23,44-46,48-51,53-54,56-58H,3-21,24-43H2,1-2H3,(H,52,55)/b23-22-. The van der Waals surface area contributed by atoms with Crippen LogP contribution >= 0.6 is 0 Å². The van der Waals surface area contributed by atoms with Gasteiger partial charge in [0.1, 0.15) is 24.4 Å². The summed E-state index contributed by atoms with van der Waals surface area (Å²) in [5.41, 5.74) is 0. The van der Waals surface area contributed by atoms with Crippen LogP contribution in [-0.2, 0) is 14.3 Å². The number of allylic oxidation sites excluding steroid dienone is 2. The van der Waals surface area contributed by atoms with Gasteiger partial charge < -0.3 is 40.3 Å². The molecule has 0 saturated carbocycles. The highest BCUT2D eigenvalue weighted by molar-refractivity contribution is 5.76. The van der Waals surface area contributed by atoms with E-state index in [0.717, 1.165) is 38.5 Å². The van der Waals surface area contributed by atoms with Crippen molar-refractivity contribution in [3.05, 3.63) is 12.2 Å². The van der Waals surface area contributed by atoms with E-state index in [4.69, 9.17) is 9.47 Å². The van der Waals surface area contributed by atoms with Gasteiger partial charge in [0.25, 0.3) is 0 Å². The number of amides is 1. The molecule has 1 heterocycles. The number of carbonyl (C=O) groups is 1. The molecule has 1 fully saturated rings. The third-order valence-corrected chi connectivity index (χ3v) is 12.6. The molecule has 356 valence electrons. The van der Waals surface area contributed by atoms with E-state index in [-0.39, 0.29) is 12.5 Å². The Morgan fingerprint density at radius 3 is 1.35 bits per heavy atom. The number of hydrogen-bond acceptors (Lipinski definition) is 8. The number of rotatable bonds is 44. The van der Waals surface area contributed by atoms with Gasteiger partial charge in [0.15, 0.2) is 6.29 Å². The summed E-state index contributed by atoms with van der Waals surface area (Å²) in [7, 11) is 0. The fourth-order valence-corrected chi connectivity index (χ4v) is 8.45. The van der Waals surface area contributed by atoms with Crippen molar-refractivity contribution in [3.63, 3.8) is 0 Å². The first-order valence-electron chi connectivity index (χ1n) is 25.9. The lowest BCUT2D eigenvalue weighted by Gasteiger charge is -2.40. The summed E-state index contributed by atoms with van der Waals surface area (Å²) in [5, 5.41) is 54.5. The molecule has 7 atom stereocenters. The van der Waals surface area contributed by atoms with Gasteiger partial charge in [0.05, 0.1) is 25.4 Å². The van der Waals surface area contributed by atoms with Crippen LogP contribution in [0.25, 0.3) is 0 Å². The van der Waals surface area contributed by atoms with Gasteiger partial charge in [-0.05, 0) is 38.5 Å². The Morgan fingerprint density at radius 2 is 0.933 bits per heavy atom. The second-order valence-electron chi connectivity index (χ2n) is 18.3. The van der Waals surface area contributed by atoms with Crippen molar-refractivity contribution in [1.29, 1.82) is 0 Å². The Hall–Kier alpha value is -1.07. The minimum atomic E-state index is -1.55. The smallest absolute Gasteiger partial charge is 0.220 e. The molecule has 0 aliphatic carbocycles. The Labute approximate surface area is 369 Å². The molecule has 6 N–H and O–H groups in total. The number of nitrogens with one attached hydrogen (secondary N) is 1. The topological polar surface area (TPSA) is 149 Å². The average molecular weight is 854 g/mol. The van der Waals surface area contributed by atoms with E-state index in [1.54, 1.807) is 0 Å². The molecule has 0 radical (unpaired) electrons. The molecule has 0 aromatic rings. The number of aliphatic hydroxyl groups excluding tert-OH is 5. The summed E-state index contributed by atoms with van der Waals surface area (Å²) in [5.74, 6) is -0.145. The molecule has 1 rings (SSSR count). The zero-order valence-electron chi connectivity index (χ0n) is 39.2. The van der Waals surface area contributed by atoms with E-state index in [2.05, 4.69) is 31.3 Å². The third kappa shape index (κ3) is 31.7. The summed E-state index contributed by atoms with van der Waals surface area (Å²) in [6.07, 6.45) is 42.2. The predicted octanol–water partition coefficient (Wildman–Crippen LogP) is 11.7. The number of ether oxygens (including phenoxy) is 2. The zero-order valence-corrected chi connectivity index (χ0v) is 39.2. The van der Waals surface area contributed by atoms with E-state index in [9.17, 15) is 30.3 Å². The van der Waals surface area contributed by atoms with Crippen LogP contribution in [0, 0.1) is 0 Å². The molecule has 0 aromatic carbocycles. The van der Waals surface area contributed by atoms with Gasteiger partial charge >= 0.3 is 0 Å². The Balaban J connectivity index is 2.26. The Morgan fingerprint density at radius 1 is 0.550 bits per heavy atom. The lowest BCUT2D eigenvalue weighted by atomic mass is 9.99. The van der Waals surface area contributed by atoms with Crippen molar-refractivity contribution in [3.8, 4) is 0 Å². The van der Waals surface area contributed by atoms with E-state index < -0.39 is 49.5 Å². The molecule has 9 nitrogen and oxygen atoms in total. The molecule has 7 unspecified atom stereocenters. The first kappa shape index (κ1) is 56.9. The van der Waals surface area contributed by atoms with E-state index in [1.165, 1.54) is 186 Å². The number of aliphatic hydroxyl groups is 5. The maximum Gasteiger partial charge on any atom is 0.220 e. The molecule has 1 amide bonds. The minimum Gasteiger partial charge on any atom is -0.394 e. The first-order chi connectivity index (χ1) is 29.3. The molecule has 1 saturated heterocycles. The van der Waals surface area contributed by atoms with E-state index in [0.29, 0.717) is 12.8 Å². The van der Waals surface area contributed by atoms with Gasteiger partial charge in [0, 0.05) is 6.42 Å². The molecule has 0 spiro atoms. The van der Waals surface area contributed by atoms with Gasteiger partial charge in [-0.25, -0.2) is 0 Å². The maximum atomic E-state index is 13.0.